The molecule has 0 atom stereocenters. The van der Waals surface area contributed by atoms with Crippen molar-refractivity contribution < 1.29 is 4.74 Å². The summed E-state index contributed by atoms with van der Waals surface area (Å²) in [5.41, 5.74) is 3.11. The van der Waals surface area contributed by atoms with Crippen molar-refractivity contribution in [3.05, 3.63) is 41.6 Å². The van der Waals surface area contributed by atoms with Crippen molar-refractivity contribution in [1.82, 2.24) is 9.78 Å². The van der Waals surface area contributed by atoms with E-state index in [0.29, 0.717) is 5.88 Å². The molecule has 0 saturated heterocycles. The Balaban J connectivity index is 2.37. The molecule has 0 radical (unpaired) electrons. The number of aryl methyl sites for hydroxylation is 1. The second-order valence-corrected chi connectivity index (χ2v) is 5.30. The van der Waals surface area contributed by atoms with Crippen LogP contribution in [0.3, 0.4) is 0 Å². The highest BCUT2D eigenvalue weighted by Gasteiger charge is 2.18. The molecule has 0 aliphatic heterocycles. The Morgan fingerprint density at radius 3 is 2.62 bits per heavy atom. The van der Waals surface area contributed by atoms with Gasteiger partial charge in [-0.3, -0.25) is 0 Å². The number of hydrogen-bond acceptors (Lipinski definition) is 3. The predicted octanol–water partition coefficient (Wildman–Crippen LogP) is 3.39. The van der Waals surface area contributed by atoms with E-state index in [4.69, 9.17) is 16.3 Å². The van der Waals surface area contributed by atoms with Gasteiger partial charge in [0.15, 0.2) is 0 Å². The van der Waals surface area contributed by atoms with Crippen molar-refractivity contribution in [1.29, 1.82) is 0 Å². The average Bonchev–Trinajstić information content (AvgIpc) is 2.85. The van der Waals surface area contributed by atoms with Crippen molar-refractivity contribution in [2.24, 2.45) is 0 Å². The van der Waals surface area contributed by atoms with E-state index >= 15 is 0 Å². The maximum atomic E-state index is 6.14. The predicted molar refractivity (Wildman–Crippen MR) is 87.6 cm³/mol. The number of aromatic nitrogens is 2. The first-order valence-electron chi connectivity index (χ1n) is 7.09. The third-order valence-electron chi connectivity index (χ3n) is 3.50. The zero-order valence-electron chi connectivity index (χ0n) is 12.8. The maximum Gasteiger partial charge on any atom is 0.136 e. The highest BCUT2D eigenvalue weighted by Crippen LogP contribution is 2.28. The summed E-state index contributed by atoms with van der Waals surface area (Å²) < 4.78 is 7.10. The minimum absolute atomic E-state index is 0.461. The molecule has 4 nitrogen and oxygen atoms in total. The summed E-state index contributed by atoms with van der Waals surface area (Å²) in [6, 6.07) is 10.1. The Kier molecular flexibility index (Phi) is 5.65. The first kappa shape index (κ1) is 15.9. The third kappa shape index (κ3) is 3.57. The van der Waals surface area contributed by atoms with Crippen LogP contribution in [0.4, 0.5) is 5.82 Å². The molecule has 1 aromatic carbocycles. The monoisotopic (exact) mass is 307 g/mol. The molecule has 0 unspecified atom stereocenters. The van der Waals surface area contributed by atoms with Crippen molar-refractivity contribution in [2.45, 2.75) is 19.2 Å². The molecule has 21 heavy (non-hydrogen) atoms. The first-order valence-corrected chi connectivity index (χ1v) is 7.62. The minimum atomic E-state index is 0.461. The number of halogens is 1. The molecule has 0 amide bonds. The molecule has 0 fully saturated rings. The third-order valence-corrected chi connectivity index (χ3v) is 3.76. The molecule has 0 aliphatic carbocycles. The molecule has 1 heterocycles. The lowest BCUT2D eigenvalue weighted by Crippen LogP contribution is -2.23. The number of ether oxygens (including phenoxy) is 1. The quantitative estimate of drug-likeness (QED) is 0.580. The van der Waals surface area contributed by atoms with Gasteiger partial charge in [-0.25, -0.2) is 4.68 Å². The summed E-state index contributed by atoms with van der Waals surface area (Å²) in [5, 5.41) is 4.66. The number of rotatable bonds is 7. The van der Waals surface area contributed by atoms with Gasteiger partial charge in [0.05, 0.1) is 17.3 Å². The highest BCUT2D eigenvalue weighted by atomic mass is 35.5. The number of methoxy groups -OCH3 is 1. The molecule has 1 aromatic heterocycles. The van der Waals surface area contributed by atoms with Gasteiger partial charge in [-0.1, -0.05) is 18.2 Å². The Labute approximate surface area is 131 Å². The number of nitrogens with zero attached hydrogens (tertiary/aromatic N) is 3. The molecule has 0 bridgehead atoms. The first-order chi connectivity index (χ1) is 10.2. The molecule has 114 valence electrons. The average molecular weight is 308 g/mol. The lowest BCUT2D eigenvalue weighted by Gasteiger charge is -2.21. The molecule has 2 aromatic rings. The number of benzene rings is 1. The van der Waals surface area contributed by atoms with Gasteiger partial charge < -0.3 is 9.64 Å². The van der Waals surface area contributed by atoms with Crippen LogP contribution in [0.15, 0.2) is 30.3 Å². The van der Waals surface area contributed by atoms with Gasteiger partial charge in [0.2, 0.25) is 0 Å². The van der Waals surface area contributed by atoms with Gasteiger partial charge in [-0.2, -0.15) is 5.10 Å². The van der Waals surface area contributed by atoms with Crippen LogP contribution < -0.4 is 4.90 Å². The minimum Gasteiger partial charge on any atom is -0.385 e. The molecule has 2 rings (SSSR count). The fourth-order valence-electron chi connectivity index (χ4n) is 2.40. The molecule has 0 spiro atoms. The zero-order chi connectivity index (χ0) is 15.2. The summed E-state index contributed by atoms with van der Waals surface area (Å²) >= 11 is 6.14. The van der Waals surface area contributed by atoms with Crippen LogP contribution in [0.2, 0.25) is 0 Å². The van der Waals surface area contributed by atoms with E-state index in [1.54, 1.807) is 7.11 Å². The van der Waals surface area contributed by atoms with E-state index in [1.165, 1.54) is 0 Å². The van der Waals surface area contributed by atoms with Crippen molar-refractivity contribution in [3.63, 3.8) is 0 Å². The van der Waals surface area contributed by atoms with Crippen LogP contribution in [0.1, 0.15) is 17.7 Å². The SMILES string of the molecule is COCCCN(C)c1c(CCl)c(C)nn1-c1ccccc1. The zero-order valence-corrected chi connectivity index (χ0v) is 13.6. The summed E-state index contributed by atoms with van der Waals surface area (Å²) in [6.45, 7) is 3.65. The van der Waals surface area contributed by atoms with Gasteiger partial charge in [0.25, 0.3) is 0 Å². The summed E-state index contributed by atoms with van der Waals surface area (Å²) in [4.78, 5) is 2.20. The fourth-order valence-corrected chi connectivity index (χ4v) is 2.71. The van der Waals surface area contributed by atoms with Gasteiger partial charge in [-0.05, 0) is 25.5 Å². The standard InChI is InChI=1S/C16H22ClN3O/c1-13-15(12-17)16(19(2)10-7-11-21-3)20(18-13)14-8-5-4-6-9-14/h4-6,8-9H,7,10-12H2,1-3H3. The van der Waals surface area contributed by atoms with E-state index in [2.05, 4.69) is 29.2 Å². The van der Waals surface area contributed by atoms with E-state index in [1.807, 2.05) is 29.8 Å². The van der Waals surface area contributed by atoms with Crippen LogP contribution in [-0.4, -0.2) is 37.1 Å². The lowest BCUT2D eigenvalue weighted by atomic mass is 10.2. The summed E-state index contributed by atoms with van der Waals surface area (Å²) in [7, 11) is 3.80. The topological polar surface area (TPSA) is 30.3 Å². The van der Waals surface area contributed by atoms with Crippen LogP contribution >= 0.6 is 11.6 Å². The van der Waals surface area contributed by atoms with Crippen LogP contribution in [0.25, 0.3) is 5.69 Å². The number of para-hydroxylation sites is 1. The van der Waals surface area contributed by atoms with Gasteiger partial charge in [0, 0.05) is 32.9 Å². The van der Waals surface area contributed by atoms with E-state index in [9.17, 15) is 0 Å². The Bertz CT molecular complexity index is 568. The maximum absolute atomic E-state index is 6.14. The van der Waals surface area contributed by atoms with Gasteiger partial charge in [-0.15, -0.1) is 11.6 Å². The van der Waals surface area contributed by atoms with Crippen molar-refractivity contribution >= 4 is 17.4 Å². The molecule has 0 N–H and O–H groups in total. The molecular formula is C16H22ClN3O. The number of alkyl halides is 1. The van der Waals surface area contributed by atoms with Crippen molar-refractivity contribution in [2.75, 3.05) is 32.2 Å². The van der Waals surface area contributed by atoms with Gasteiger partial charge in [0.1, 0.15) is 5.82 Å². The Morgan fingerprint density at radius 1 is 1.29 bits per heavy atom. The Hall–Kier alpha value is -1.52. The van der Waals surface area contributed by atoms with Gasteiger partial charge >= 0.3 is 0 Å². The normalized spacial score (nSPS) is 10.9. The molecule has 0 saturated carbocycles. The van der Waals surface area contributed by atoms with E-state index in [0.717, 1.165) is 42.3 Å². The largest absolute Gasteiger partial charge is 0.385 e. The lowest BCUT2D eigenvalue weighted by molar-refractivity contribution is 0.196. The summed E-state index contributed by atoms with van der Waals surface area (Å²) in [5.74, 6) is 1.52. The van der Waals surface area contributed by atoms with E-state index in [-0.39, 0.29) is 0 Å². The van der Waals surface area contributed by atoms with Crippen LogP contribution in [0, 0.1) is 6.92 Å². The number of anilines is 1. The number of hydrogen-bond donors (Lipinski definition) is 0. The van der Waals surface area contributed by atoms with Crippen LogP contribution in [-0.2, 0) is 10.6 Å². The summed E-state index contributed by atoms with van der Waals surface area (Å²) in [6.07, 6.45) is 0.966. The second-order valence-electron chi connectivity index (χ2n) is 5.04. The van der Waals surface area contributed by atoms with Crippen molar-refractivity contribution in [3.8, 4) is 5.69 Å². The van der Waals surface area contributed by atoms with E-state index < -0.39 is 0 Å². The Morgan fingerprint density at radius 2 is 2.00 bits per heavy atom. The fraction of sp³-hybridized carbons (Fsp3) is 0.438. The smallest absolute Gasteiger partial charge is 0.136 e. The molecule has 5 heteroatoms. The molecular weight excluding hydrogens is 286 g/mol. The van der Waals surface area contributed by atoms with Crippen LogP contribution in [0.5, 0.6) is 0 Å². The molecule has 0 aliphatic rings. The highest BCUT2D eigenvalue weighted by molar-refractivity contribution is 6.17. The second kappa shape index (κ2) is 7.48.